The zero-order valence-corrected chi connectivity index (χ0v) is 15.3. The van der Waals surface area contributed by atoms with Crippen LogP contribution in [0.1, 0.15) is 30.8 Å². The molecule has 0 spiro atoms. The van der Waals surface area contributed by atoms with Crippen LogP contribution in [0.3, 0.4) is 0 Å². The predicted octanol–water partition coefficient (Wildman–Crippen LogP) is 2.45. The highest BCUT2D eigenvalue weighted by Crippen LogP contribution is 2.22. The van der Waals surface area contributed by atoms with Gasteiger partial charge in [-0.15, -0.1) is 0 Å². The van der Waals surface area contributed by atoms with Crippen LogP contribution in [0.15, 0.2) is 30.6 Å². The van der Waals surface area contributed by atoms with Crippen LogP contribution in [0.2, 0.25) is 0 Å². The summed E-state index contributed by atoms with van der Waals surface area (Å²) >= 11 is 0. The van der Waals surface area contributed by atoms with Gasteiger partial charge in [-0.05, 0) is 31.4 Å². The maximum Gasteiger partial charge on any atom is 0.264 e. The van der Waals surface area contributed by atoms with E-state index in [9.17, 15) is 9.90 Å². The topological polar surface area (TPSA) is 78.4 Å². The number of benzene rings is 1. The summed E-state index contributed by atoms with van der Waals surface area (Å²) in [6.45, 7) is 8.25. The van der Waals surface area contributed by atoms with Gasteiger partial charge in [0.2, 0.25) is 0 Å². The molecule has 6 nitrogen and oxygen atoms in total. The van der Waals surface area contributed by atoms with E-state index in [2.05, 4.69) is 9.97 Å². The summed E-state index contributed by atoms with van der Waals surface area (Å²) in [4.78, 5) is 21.9. The molecule has 1 aromatic carbocycles. The lowest BCUT2D eigenvalue weighted by Crippen LogP contribution is -2.45. The molecule has 1 amide bonds. The largest absolute Gasteiger partial charge is 0.480 e. The number of ether oxygens (including phenoxy) is 1. The minimum absolute atomic E-state index is 0.00594. The van der Waals surface area contributed by atoms with Gasteiger partial charge in [-0.1, -0.05) is 32.0 Å². The number of hydrogen-bond donors (Lipinski definition) is 2. The Morgan fingerprint density at radius 3 is 2.60 bits per heavy atom. The van der Waals surface area contributed by atoms with Crippen LogP contribution in [0.5, 0.6) is 5.75 Å². The Hall–Kier alpha value is -2.34. The molecule has 2 N–H and O–H groups in total. The van der Waals surface area contributed by atoms with Gasteiger partial charge >= 0.3 is 0 Å². The number of rotatable bonds is 8. The molecule has 136 valence electrons. The summed E-state index contributed by atoms with van der Waals surface area (Å²) in [7, 11) is 0. The zero-order valence-electron chi connectivity index (χ0n) is 15.3. The van der Waals surface area contributed by atoms with E-state index in [1.54, 1.807) is 11.2 Å². The van der Waals surface area contributed by atoms with Crippen molar-refractivity contribution in [2.24, 2.45) is 5.92 Å². The number of aromatic nitrogens is 2. The Kier molecular flexibility index (Phi) is 6.58. The third-order valence-corrected chi connectivity index (χ3v) is 4.15. The first-order valence-corrected chi connectivity index (χ1v) is 8.54. The van der Waals surface area contributed by atoms with Gasteiger partial charge in [0.25, 0.3) is 5.91 Å². The number of nitrogens with one attached hydrogen (secondary N) is 1. The van der Waals surface area contributed by atoms with E-state index in [-0.39, 0.29) is 25.0 Å². The van der Waals surface area contributed by atoms with Crippen molar-refractivity contribution in [3.05, 3.63) is 47.5 Å². The monoisotopic (exact) mass is 345 g/mol. The van der Waals surface area contributed by atoms with Crippen LogP contribution in [-0.2, 0) is 11.3 Å². The number of para-hydroxylation sites is 1. The molecule has 1 atom stereocenters. The molecule has 0 saturated heterocycles. The average Bonchev–Trinajstić information content (AvgIpc) is 2.98. The number of nitrogens with zero attached hydrogens (tertiary/aromatic N) is 2. The Bertz CT molecular complexity index is 697. The quantitative estimate of drug-likeness (QED) is 0.770. The van der Waals surface area contributed by atoms with Crippen LogP contribution >= 0.6 is 0 Å². The van der Waals surface area contributed by atoms with Gasteiger partial charge in [0.1, 0.15) is 5.75 Å². The first-order valence-electron chi connectivity index (χ1n) is 8.54. The predicted molar refractivity (Wildman–Crippen MR) is 96.3 cm³/mol. The first kappa shape index (κ1) is 19.0. The molecule has 0 aliphatic rings. The minimum atomic E-state index is -0.619. The number of carbonyl (C=O) groups is 1. The maximum absolute atomic E-state index is 13.1. The number of amides is 1. The number of hydrogen-bond acceptors (Lipinski definition) is 4. The Morgan fingerprint density at radius 2 is 2.04 bits per heavy atom. The third-order valence-electron chi connectivity index (χ3n) is 4.15. The standard InChI is InChI=1S/C19H27N3O3/c1-13(2)18(25-17-8-6-5-7-14(17)3)19(24)22(9-10-23)11-16-15(4)20-12-21-16/h5-8,12-13,18,23H,9-11H2,1-4H3,(H,20,21). The van der Waals surface area contributed by atoms with Crippen molar-refractivity contribution in [2.75, 3.05) is 13.2 Å². The molecule has 1 aromatic heterocycles. The summed E-state index contributed by atoms with van der Waals surface area (Å²) < 4.78 is 6.04. The number of imidazole rings is 1. The van der Waals surface area contributed by atoms with Gasteiger partial charge in [0.05, 0.1) is 25.2 Å². The van der Waals surface area contributed by atoms with Crippen molar-refractivity contribution in [1.29, 1.82) is 0 Å². The Labute approximate surface area is 148 Å². The highest BCUT2D eigenvalue weighted by Gasteiger charge is 2.30. The minimum Gasteiger partial charge on any atom is -0.480 e. The molecule has 25 heavy (non-hydrogen) atoms. The van der Waals surface area contributed by atoms with E-state index in [4.69, 9.17) is 4.74 Å². The summed E-state index contributed by atoms with van der Waals surface area (Å²) in [5.41, 5.74) is 2.69. The fraction of sp³-hybridized carbons (Fsp3) is 0.474. The third kappa shape index (κ3) is 4.82. The van der Waals surface area contributed by atoms with Crippen LogP contribution < -0.4 is 4.74 Å². The normalized spacial score (nSPS) is 12.2. The average molecular weight is 345 g/mol. The molecular formula is C19H27N3O3. The molecule has 2 aromatic rings. The molecule has 0 aliphatic heterocycles. The number of aliphatic hydroxyl groups excluding tert-OH is 1. The van der Waals surface area contributed by atoms with E-state index in [0.717, 1.165) is 17.0 Å². The molecule has 1 unspecified atom stereocenters. The molecule has 6 heteroatoms. The molecule has 1 heterocycles. The first-order chi connectivity index (χ1) is 11.9. The maximum atomic E-state index is 13.1. The van der Waals surface area contributed by atoms with Crippen molar-refractivity contribution in [2.45, 2.75) is 40.3 Å². The van der Waals surface area contributed by atoms with Gasteiger partial charge < -0.3 is 19.7 Å². The van der Waals surface area contributed by atoms with E-state index in [0.29, 0.717) is 12.3 Å². The van der Waals surface area contributed by atoms with Gasteiger partial charge in [0, 0.05) is 12.2 Å². The molecule has 2 rings (SSSR count). The second kappa shape index (κ2) is 8.67. The molecular weight excluding hydrogens is 318 g/mol. The number of H-pyrrole nitrogens is 1. The second-order valence-electron chi connectivity index (χ2n) is 6.51. The second-order valence-corrected chi connectivity index (χ2v) is 6.51. The van der Waals surface area contributed by atoms with Gasteiger partial charge in [-0.3, -0.25) is 4.79 Å². The van der Waals surface area contributed by atoms with E-state index in [1.165, 1.54) is 0 Å². The lowest BCUT2D eigenvalue weighted by molar-refractivity contribution is -0.142. The lowest BCUT2D eigenvalue weighted by atomic mass is 10.1. The van der Waals surface area contributed by atoms with Crippen molar-refractivity contribution in [3.8, 4) is 5.75 Å². The molecule has 0 bridgehead atoms. The van der Waals surface area contributed by atoms with E-state index in [1.807, 2.05) is 52.0 Å². The highest BCUT2D eigenvalue weighted by atomic mass is 16.5. The molecule has 0 radical (unpaired) electrons. The van der Waals surface area contributed by atoms with E-state index < -0.39 is 6.10 Å². The Balaban J connectivity index is 2.20. The van der Waals surface area contributed by atoms with Crippen molar-refractivity contribution in [3.63, 3.8) is 0 Å². The van der Waals surface area contributed by atoms with Crippen LogP contribution in [-0.4, -0.2) is 45.1 Å². The Morgan fingerprint density at radius 1 is 1.32 bits per heavy atom. The van der Waals surface area contributed by atoms with Crippen LogP contribution in [0, 0.1) is 19.8 Å². The molecule has 0 aliphatic carbocycles. The summed E-state index contributed by atoms with van der Waals surface area (Å²) in [6.07, 6.45) is 0.989. The van der Waals surface area contributed by atoms with E-state index >= 15 is 0 Å². The SMILES string of the molecule is Cc1ccccc1OC(C(=O)N(CCO)Cc1nc[nH]c1C)C(C)C. The number of aliphatic hydroxyl groups is 1. The fourth-order valence-electron chi connectivity index (χ4n) is 2.59. The van der Waals surface area contributed by atoms with Crippen LogP contribution in [0.25, 0.3) is 0 Å². The van der Waals surface area contributed by atoms with Crippen molar-refractivity contribution >= 4 is 5.91 Å². The smallest absolute Gasteiger partial charge is 0.264 e. The van der Waals surface area contributed by atoms with Gasteiger partial charge in [-0.2, -0.15) is 0 Å². The fourth-order valence-corrected chi connectivity index (χ4v) is 2.59. The van der Waals surface area contributed by atoms with Gasteiger partial charge in [0.15, 0.2) is 6.10 Å². The summed E-state index contributed by atoms with van der Waals surface area (Å²) in [5.74, 6) is 0.553. The summed E-state index contributed by atoms with van der Waals surface area (Å²) in [5, 5.41) is 9.37. The number of aromatic amines is 1. The summed E-state index contributed by atoms with van der Waals surface area (Å²) in [6, 6.07) is 7.65. The van der Waals surface area contributed by atoms with Crippen LogP contribution in [0.4, 0.5) is 0 Å². The zero-order chi connectivity index (χ0) is 18.4. The number of carbonyl (C=O) groups excluding carboxylic acids is 1. The lowest BCUT2D eigenvalue weighted by Gasteiger charge is -2.29. The van der Waals surface area contributed by atoms with Gasteiger partial charge in [-0.25, -0.2) is 4.98 Å². The van der Waals surface area contributed by atoms with Crippen molar-refractivity contribution < 1.29 is 14.6 Å². The molecule has 0 fully saturated rings. The van der Waals surface area contributed by atoms with Crippen molar-refractivity contribution in [1.82, 2.24) is 14.9 Å². The highest BCUT2D eigenvalue weighted by molar-refractivity contribution is 5.81. The molecule has 0 saturated carbocycles. The number of aryl methyl sites for hydroxylation is 2.